The molecule has 1 aliphatic rings. The van der Waals surface area contributed by atoms with Gasteiger partial charge in [-0.15, -0.1) is 0 Å². The van der Waals surface area contributed by atoms with Crippen molar-refractivity contribution in [1.82, 2.24) is 14.9 Å². The molecule has 0 aliphatic carbocycles. The molecule has 3 rings (SSSR count). The van der Waals surface area contributed by atoms with Crippen molar-refractivity contribution in [3.8, 4) is 0 Å². The zero-order chi connectivity index (χ0) is 14.3. The first kappa shape index (κ1) is 13.2. The van der Waals surface area contributed by atoms with E-state index in [4.69, 9.17) is 0 Å². The number of nitrogens with zero attached hydrogens (tertiary/aromatic N) is 2. The molecular weight excluding hydrogens is 257 g/mol. The Labute approximate surface area is 116 Å². The number of H-pyrrole nitrogens is 1. The lowest BCUT2D eigenvalue weighted by atomic mass is 10.0. The van der Waals surface area contributed by atoms with Gasteiger partial charge in [0.05, 0.1) is 5.52 Å². The Hall–Kier alpha value is -1.75. The maximum atomic E-state index is 14.5. The van der Waals surface area contributed by atoms with Gasteiger partial charge in [0, 0.05) is 24.7 Å². The molecular formula is C15H18FN3O. The van der Waals surface area contributed by atoms with Gasteiger partial charge in [0.15, 0.2) is 5.82 Å². The van der Waals surface area contributed by atoms with Crippen molar-refractivity contribution in [3.05, 3.63) is 39.6 Å². The molecule has 20 heavy (non-hydrogen) atoms. The second-order valence-corrected chi connectivity index (χ2v) is 5.41. The molecule has 0 saturated carbocycles. The van der Waals surface area contributed by atoms with Gasteiger partial charge in [-0.3, -0.25) is 9.69 Å². The molecule has 106 valence electrons. The number of likely N-dealkylation sites (tertiary alicyclic amines) is 1. The molecule has 1 aromatic heterocycles. The number of hydrogen-bond acceptors (Lipinski definition) is 3. The average Bonchev–Trinajstić information content (AvgIpc) is 2.45. The average molecular weight is 275 g/mol. The number of aromatic nitrogens is 2. The monoisotopic (exact) mass is 275 g/mol. The first-order valence-electron chi connectivity index (χ1n) is 7.04. The molecule has 1 atom stereocenters. The Morgan fingerprint density at radius 3 is 2.90 bits per heavy atom. The lowest BCUT2D eigenvalue weighted by molar-refractivity contribution is 0.0946. The second-order valence-electron chi connectivity index (χ2n) is 5.41. The highest BCUT2D eigenvalue weighted by molar-refractivity contribution is 5.75. The van der Waals surface area contributed by atoms with Crippen molar-refractivity contribution in [2.75, 3.05) is 6.54 Å². The minimum absolute atomic E-state index is 0.220. The predicted octanol–water partition coefficient (Wildman–Crippen LogP) is 2.22. The highest BCUT2D eigenvalue weighted by Gasteiger charge is 2.24. The van der Waals surface area contributed by atoms with Gasteiger partial charge in [0.2, 0.25) is 0 Å². The minimum atomic E-state index is -0.353. The van der Waals surface area contributed by atoms with Crippen LogP contribution in [0, 0.1) is 5.82 Å². The summed E-state index contributed by atoms with van der Waals surface area (Å²) in [7, 11) is 0. The maximum absolute atomic E-state index is 14.5. The third-order valence-corrected chi connectivity index (χ3v) is 4.12. The Morgan fingerprint density at radius 2 is 2.30 bits per heavy atom. The number of hydrogen-bond donors (Lipinski definition) is 1. The fraction of sp³-hybridized carbons (Fsp3) is 0.467. The molecule has 1 N–H and O–H groups in total. The smallest absolute Gasteiger partial charge is 0.270 e. The molecule has 2 heterocycles. The molecule has 0 spiro atoms. The first-order chi connectivity index (χ1) is 9.60. The summed E-state index contributed by atoms with van der Waals surface area (Å²) >= 11 is 0. The normalized spacial score (nSPS) is 19.2. The highest BCUT2D eigenvalue weighted by atomic mass is 19.1. The van der Waals surface area contributed by atoms with Crippen molar-refractivity contribution in [3.63, 3.8) is 0 Å². The quantitative estimate of drug-likeness (QED) is 0.934. The van der Waals surface area contributed by atoms with Crippen molar-refractivity contribution in [2.24, 2.45) is 0 Å². The summed E-state index contributed by atoms with van der Waals surface area (Å²) in [5.74, 6) is -0.353. The van der Waals surface area contributed by atoms with E-state index in [-0.39, 0.29) is 16.9 Å². The van der Waals surface area contributed by atoms with Crippen LogP contribution in [0.15, 0.2) is 16.9 Å². The Kier molecular flexibility index (Phi) is 3.30. The van der Waals surface area contributed by atoms with Crippen LogP contribution in [-0.4, -0.2) is 27.5 Å². The Morgan fingerprint density at radius 1 is 1.50 bits per heavy atom. The van der Waals surface area contributed by atoms with Crippen molar-refractivity contribution in [1.29, 1.82) is 0 Å². The van der Waals surface area contributed by atoms with E-state index in [2.05, 4.69) is 21.8 Å². The fourth-order valence-corrected chi connectivity index (χ4v) is 2.59. The molecule has 5 heteroatoms. The predicted molar refractivity (Wildman–Crippen MR) is 76.2 cm³/mol. The SMILES string of the molecule is CCc1nc2ccc(CN3CC[C@H]3C)c(F)c2[nH]c1=O. The minimum Gasteiger partial charge on any atom is -0.317 e. The van der Waals surface area contributed by atoms with Crippen LogP contribution in [0.2, 0.25) is 0 Å². The van der Waals surface area contributed by atoms with Gasteiger partial charge >= 0.3 is 0 Å². The van der Waals surface area contributed by atoms with E-state index in [0.29, 0.717) is 35.8 Å². The molecule has 1 fully saturated rings. The number of halogens is 1. The first-order valence-corrected chi connectivity index (χ1v) is 7.04. The van der Waals surface area contributed by atoms with Crippen LogP contribution in [0.4, 0.5) is 4.39 Å². The summed E-state index contributed by atoms with van der Waals surface area (Å²) in [6.45, 7) is 5.58. The fourth-order valence-electron chi connectivity index (χ4n) is 2.59. The molecule has 1 aromatic carbocycles. The summed E-state index contributed by atoms with van der Waals surface area (Å²) < 4.78 is 14.5. The van der Waals surface area contributed by atoms with Crippen LogP contribution >= 0.6 is 0 Å². The molecule has 0 radical (unpaired) electrons. The molecule has 0 bridgehead atoms. The summed E-state index contributed by atoms with van der Waals surface area (Å²) in [5, 5.41) is 0. The van der Waals surface area contributed by atoms with E-state index >= 15 is 0 Å². The third-order valence-electron chi connectivity index (χ3n) is 4.12. The topological polar surface area (TPSA) is 49.0 Å². The van der Waals surface area contributed by atoms with Crippen LogP contribution in [0.25, 0.3) is 11.0 Å². The third kappa shape index (κ3) is 2.12. The largest absolute Gasteiger partial charge is 0.317 e. The van der Waals surface area contributed by atoms with Gasteiger partial charge in [-0.05, 0) is 25.8 Å². The van der Waals surface area contributed by atoms with Crippen molar-refractivity contribution < 1.29 is 4.39 Å². The summed E-state index contributed by atoms with van der Waals surface area (Å²) in [6.07, 6.45) is 1.70. The van der Waals surface area contributed by atoms with Crippen LogP contribution < -0.4 is 5.56 Å². The summed E-state index contributed by atoms with van der Waals surface area (Å²) in [5.41, 5.74) is 1.50. The van der Waals surface area contributed by atoms with E-state index in [1.54, 1.807) is 12.1 Å². The van der Waals surface area contributed by atoms with Gasteiger partial charge in [-0.1, -0.05) is 13.0 Å². The number of benzene rings is 1. The lowest BCUT2D eigenvalue weighted by Crippen LogP contribution is -2.44. The van der Waals surface area contributed by atoms with E-state index in [1.165, 1.54) is 0 Å². The molecule has 4 nitrogen and oxygen atoms in total. The Bertz CT molecular complexity index is 710. The number of aromatic amines is 1. The van der Waals surface area contributed by atoms with Gasteiger partial charge in [0.1, 0.15) is 11.2 Å². The van der Waals surface area contributed by atoms with E-state index < -0.39 is 0 Å². The van der Waals surface area contributed by atoms with Crippen LogP contribution in [-0.2, 0) is 13.0 Å². The molecule has 2 aromatic rings. The van der Waals surface area contributed by atoms with E-state index in [1.807, 2.05) is 6.92 Å². The highest BCUT2D eigenvalue weighted by Crippen LogP contribution is 2.23. The molecule has 0 amide bonds. The van der Waals surface area contributed by atoms with Gasteiger partial charge in [-0.25, -0.2) is 9.37 Å². The number of rotatable bonds is 3. The van der Waals surface area contributed by atoms with Crippen LogP contribution in [0.1, 0.15) is 31.5 Å². The van der Waals surface area contributed by atoms with Gasteiger partial charge in [-0.2, -0.15) is 0 Å². The van der Waals surface area contributed by atoms with Crippen LogP contribution in [0.5, 0.6) is 0 Å². The number of fused-ring (bicyclic) bond motifs is 1. The zero-order valence-electron chi connectivity index (χ0n) is 11.7. The van der Waals surface area contributed by atoms with E-state index in [9.17, 15) is 9.18 Å². The molecule has 1 aliphatic heterocycles. The Balaban J connectivity index is 2.03. The molecule has 0 unspecified atom stereocenters. The molecule has 1 saturated heterocycles. The van der Waals surface area contributed by atoms with Crippen molar-refractivity contribution in [2.45, 2.75) is 39.3 Å². The zero-order valence-corrected chi connectivity index (χ0v) is 11.7. The number of aryl methyl sites for hydroxylation is 1. The van der Waals surface area contributed by atoms with Gasteiger partial charge in [0.25, 0.3) is 5.56 Å². The second kappa shape index (κ2) is 4.98. The van der Waals surface area contributed by atoms with Crippen LogP contribution in [0.3, 0.4) is 0 Å². The van der Waals surface area contributed by atoms with Crippen molar-refractivity contribution >= 4 is 11.0 Å². The lowest BCUT2D eigenvalue weighted by Gasteiger charge is -2.38. The van der Waals surface area contributed by atoms with Gasteiger partial charge < -0.3 is 4.98 Å². The standard InChI is InChI=1S/C15H18FN3O/c1-3-11-15(20)18-14-12(17-11)5-4-10(13(14)16)8-19-7-6-9(19)2/h4-5,9H,3,6-8H2,1-2H3,(H,18,20)/t9-/m1/s1. The maximum Gasteiger partial charge on any atom is 0.270 e. The summed E-state index contributed by atoms with van der Waals surface area (Å²) in [4.78, 5) is 20.8. The number of nitrogens with one attached hydrogen (secondary N) is 1. The van der Waals surface area contributed by atoms with E-state index in [0.717, 1.165) is 13.0 Å². The summed E-state index contributed by atoms with van der Waals surface area (Å²) in [6, 6.07) is 4.06.